The van der Waals surface area contributed by atoms with Crippen LogP contribution >= 0.6 is 11.3 Å². The third-order valence-corrected chi connectivity index (χ3v) is 1.86. The normalized spacial score (nSPS) is 10.4. The summed E-state index contributed by atoms with van der Waals surface area (Å²) in [6.45, 7) is 1.78. The van der Waals surface area contributed by atoms with Crippen LogP contribution in [0.5, 0.6) is 0 Å². The highest BCUT2D eigenvalue weighted by atomic mass is 32.1. The highest BCUT2D eigenvalue weighted by Crippen LogP contribution is 2.00. The maximum atomic E-state index is 10.7. The molecular formula is C7H9N3OS. The summed E-state index contributed by atoms with van der Waals surface area (Å²) in [5, 5.41) is 3.73. The average molecular weight is 183 g/mol. The average Bonchev–Trinajstić information content (AvgIpc) is 2.57. The molecule has 0 unspecified atom stereocenters. The van der Waals surface area contributed by atoms with Crippen molar-refractivity contribution >= 4 is 23.5 Å². The number of rotatable bonds is 3. The topological polar surface area (TPSA) is 54.4 Å². The van der Waals surface area contributed by atoms with E-state index in [-0.39, 0.29) is 5.91 Å². The lowest BCUT2D eigenvalue weighted by atomic mass is 10.5. The molecule has 0 aliphatic rings. The van der Waals surface area contributed by atoms with Crippen LogP contribution in [0.4, 0.5) is 0 Å². The van der Waals surface area contributed by atoms with E-state index >= 15 is 0 Å². The first-order valence-corrected chi connectivity index (χ1v) is 4.41. The molecule has 1 rings (SSSR count). The lowest BCUT2D eigenvalue weighted by Gasteiger charge is -1.91. The lowest BCUT2D eigenvalue weighted by molar-refractivity contribution is -0.120. The largest absolute Gasteiger partial charge is 0.273 e. The fourth-order valence-electron chi connectivity index (χ4n) is 0.536. The Morgan fingerprint density at radius 1 is 1.92 bits per heavy atom. The van der Waals surface area contributed by atoms with Crippen molar-refractivity contribution in [3.63, 3.8) is 0 Å². The van der Waals surface area contributed by atoms with Gasteiger partial charge in [0.25, 0.3) is 0 Å². The van der Waals surface area contributed by atoms with E-state index in [0.29, 0.717) is 6.42 Å². The lowest BCUT2D eigenvalue weighted by Crippen LogP contribution is -2.15. The molecule has 0 aliphatic carbocycles. The van der Waals surface area contributed by atoms with Gasteiger partial charge in [0.1, 0.15) is 0 Å². The fraction of sp³-hybridized carbons (Fsp3) is 0.286. The maximum Gasteiger partial charge on any atom is 0.239 e. The van der Waals surface area contributed by atoms with Crippen molar-refractivity contribution in [1.82, 2.24) is 10.4 Å². The minimum absolute atomic E-state index is 0.0873. The standard InChI is InChI=1S/C7H9N3OS/c1-2-7(11)10-9-4-6-3-8-5-12-6/h3-5H,2H2,1H3,(H,10,11)/b9-4+. The van der Waals surface area contributed by atoms with Crippen LogP contribution in [0.3, 0.4) is 0 Å². The molecule has 0 saturated heterocycles. The van der Waals surface area contributed by atoms with Gasteiger partial charge < -0.3 is 0 Å². The van der Waals surface area contributed by atoms with Crippen molar-refractivity contribution in [3.05, 3.63) is 16.6 Å². The molecule has 64 valence electrons. The first-order chi connectivity index (χ1) is 5.83. The number of amides is 1. The van der Waals surface area contributed by atoms with E-state index in [1.54, 1.807) is 24.8 Å². The molecule has 1 aromatic rings. The van der Waals surface area contributed by atoms with Gasteiger partial charge in [-0.2, -0.15) is 5.10 Å². The summed E-state index contributed by atoms with van der Waals surface area (Å²) in [4.78, 5) is 15.5. The Morgan fingerprint density at radius 3 is 3.33 bits per heavy atom. The summed E-state index contributed by atoms with van der Waals surface area (Å²) < 4.78 is 0. The summed E-state index contributed by atoms with van der Waals surface area (Å²) >= 11 is 1.47. The number of nitrogens with one attached hydrogen (secondary N) is 1. The van der Waals surface area contributed by atoms with Crippen LogP contribution in [0.25, 0.3) is 0 Å². The first-order valence-electron chi connectivity index (χ1n) is 3.53. The Kier molecular flexibility index (Phi) is 3.40. The van der Waals surface area contributed by atoms with Crippen LogP contribution < -0.4 is 5.43 Å². The molecule has 12 heavy (non-hydrogen) atoms. The first kappa shape index (κ1) is 8.86. The summed E-state index contributed by atoms with van der Waals surface area (Å²) in [6.07, 6.45) is 3.71. The minimum Gasteiger partial charge on any atom is -0.273 e. The number of aromatic nitrogens is 1. The van der Waals surface area contributed by atoms with Crippen molar-refractivity contribution in [2.24, 2.45) is 5.10 Å². The van der Waals surface area contributed by atoms with E-state index in [2.05, 4.69) is 15.5 Å². The Morgan fingerprint density at radius 2 is 2.75 bits per heavy atom. The molecule has 0 aromatic carbocycles. The van der Waals surface area contributed by atoms with Gasteiger partial charge in [-0.25, -0.2) is 5.43 Å². The van der Waals surface area contributed by atoms with Crippen LogP contribution in [-0.4, -0.2) is 17.1 Å². The van der Waals surface area contributed by atoms with Crippen molar-refractivity contribution in [2.75, 3.05) is 0 Å². The number of thiazole rings is 1. The van der Waals surface area contributed by atoms with Crippen LogP contribution in [0.2, 0.25) is 0 Å². The molecule has 0 bridgehead atoms. The molecule has 4 nitrogen and oxygen atoms in total. The number of hydrazone groups is 1. The molecule has 1 amide bonds. The predicted molar refractivity (Wildman–Crippen MR) is 48.1 cm³/mol. The quantitative estimate of drug-likeness (QED) is 0.561. The third kappa shape index (κ3) is 2.79. The van der Waals surface area contributed by atoms with Gasteiger partial charge in [0.2, 0.25) is 5.91 Å². The second-order valence-electron chi connectivity index (χ2n) is 2.05. The van der Waals surface area contributed by atoms with E-state index in [9.17, 15) is 4.79 Å². The highest BCUT2D eigenvalue weighted by Gasteiger charge is 1.91. The Bertz CT molecular complexity index is 268. The second kappa shape index (κ2) is 4.61. The van der Waals surface area contributed by atoms with Crippen LogP contribution in [0.15, 0.2) is 16.8 Å². The summed E-state index contributed by atoms with van der Waals surface area (Å²) in [7, 11) is 0. The van der Waals surface area contributed by atoms with Crippen molar-refractivity contribution in [1.29, 1.82) is 0 Å². The molecule has 5 heteroatoms. The van der Waals surface area contributed by atoms with Gasteiger partial charge in [-0.15, -0.1) is 11.3 Å². The molecular weight excluding hydrogens is 174 g/mol. The van der Waals surface area contributed by atoms with E-state index in [0.717, 1.165) is 4.88 Å². The number of hydrogen-bond donors (Lipinski definition) is 1. The van der Waals surface area contributed by atoms with E-state index < -0.39 is 0 Å². The van der Waals surface area contributed by atoms with Crippen LogP contribution in [0.1, 0.15) is 18.2 Å². The highest BCUT2D eigenvalue weighted by molar-refractivity contribution is 7.11. The van der Waals surface area contributed by atoms with E-state index in [4.69, 9.17) is 0 Å². The van der Waals surface area contributed by atoms with Gasteiger partial charge in [0.15, 0.2) is 0 Å². The zero-order valence-corrected chi connectivity index (χ0v) is 7.47. The van der Waals surface area contributed by atoms with Crippen LogP contribution in [-0.2, 0) is 4.79 Å². The summed E-state index contributed by atoms with van der Waals surface area (Å²) in [5.74, 6) is -0.0873. The Labute approximate surface area is 74.3 Å². The number of nitrogens with zero attached hydrogens (tertiary/aromatic N) is 2. The number of carbonyl (C=O) groups is 1. The predicted octanol–water partition coefficient (Wildman–Crippen LogP) is 1.00. The zero-order valence-electron chi connectivity index (χ0n) is 6.65. The monoisotopic (exact) mass is 183 g/mol. The van der Waals surface area contributed by atoms with Crippen LogP contribution in [0, 0.1) is 0 Å². The summed E-state index contributed by atoms with van der Waals surface area (Å²) in [5.41, 5.74) is 4.09. The van der Waals surface area contributed by atoms with Gasteiger partial charge in [-0.1, -0.05) is 6.92 Å². The number of carbonyl (C=O) groups excluding carboxylic acids is 1. The third-order valence-electron chi connectivity index (χ3n) is 1.15. The maximum absolute atomic E-state index is 10.7. The van der Waals surface area contributed by atoms with Gasteiger partial charge in [-0.3, -0.25) is 9.78 Å². The molecule has 1 N–H and O–H groups in total. The molecule has 0 spiro atoms. The molecule has 1 aromatic heterocycles. The van der Waals surface area contributed by atoms with E-state index in [1.807, 2.05) is 0 Å². The van der Waals surface area contributed by atoms with Crippen molar-refractivity contribution in [3.8, 4) is 0 Å². The molecule has 0 saturated carbocycles. The molecule has 1 heterocycles. The molecule has 0 aliphatic heterocycles. The van der Waals surface area contributed by atoms with Crippen molar-refractivity contribution in [2.45, 2.75) is 13.3 Å². The number of hydrogen-bond acceptors (Lipinski definition) is 4. The fourth-order valence-corrected chi connectivity index (χ4v) is 1.02. The molecule has 0 fully saturated rings. The Balaban J connectivity index is 2.37. The van der Waals surface area contributed by atoms with Gasteiger partial charge in [0.05, 0.1) is 16.6 Å². The second-order valence-corrected chi connectivity index (χ2v) is 2.97. The molecule has 0 atom stereocenters. The van der Waals surface area contributed by atoms with Gasteiger partial charge in [0, 0.05) is 12.6 Å². The summed E-state index contributed by atoms with van der Waals surface area (Å²) in [6, 6.07) is 0. The minimum atomic E-state index is -0.0873. The SMILES string of the molecule is CCC(=O)N/N=C/c1cncs1. The van der Waals surface area contributed by atoms with E-state index in [1.165, 1.54) is 11.3 Å². The van der Waals surface area contributed by atoms with Crippen molar-refractivity contribution < 1.29 is 4.79 Å². The molecule has 0 radical (unpaired) electrons. The van der Waals surface area contributed by atoms with Gasteiger partial charge in [-0.05, 0) is 0 Å². The smallest absolute Gasteiger partial charge is 0.239 e. The Hall–Kier alpha value is -1.23. The zero-order chi connectivity index (χ0) is 8.81. The van der Waals surface area contributed by atoms with Gasteiger partial charge >= 0.3 is 0 Å².